The van der Waals surface area contributed by atoms with Gasteiger partial charge in [0, 0.05) is 30.8 Å². The van der Waals surface area contributed by atoms with Crippen molar-refractivity contribution in [2.24, 2.45) is 0 Å². The van der Waals surface area contributed by atoms with Gasteiger partial charge in [0.15, 0.2) is 5.82 Å². The molecule has 0 spiro atoms. The van der Waals surface area contributed by atoms with Gasteiger partial charge in [-0.05, 0) is 30.7 Å². The second kappa shape index (κ2) is 9.77. The molecule has 0 unspecified atom stereocenters. The highest BCUT2D eigenvalue weighted by Crippen LogP contribution is 2.20. The lowest BCUT2D eigenvalue weighted by Gasteiger charge is -2.19. The maximum absolute atomic E-state index is 12.4. The number of aliphatic carboxylic acids is 2. The first-order valence-electron chi connectivity index (χ1n) is 9.88. The second-order valence-corrected chi connectivity index (χ2v) is 7.36. The number of nitrogens with one attached hydrogen (secondary N) is 1. The Kier molecular flexibility index (Phi) is 6.86. The Morgan fingerprint density at radius 3 is 2.45 bits per heavy atom. The molecule has 12 heteroatoms. The molecule has 0 aliphatic rings. The molecule has 12 nitrogen and oxygen atoms in total. The molecule has 0 saturated heterocycles. The lowest BCUT2D eigenvalue weighted by molar-refractivity contribution is -0.140. The molecule has 2 heterocycles. The lowest BCUT2D eigenvalue weighted by Crippen LogP contribution is -2.41. The van der Waals surface area contributed by atoms with Crippen LogP contribution in [0.25, 0.3) is 11.0 Å². The van der Waals surface area contributed by atoms with Crippen LogP contribution < -0.4 is 21.7 Å². The normalized spacial score (nSPS) is 11.7. The molecule has 0 aliphatic carbocycles. The number of nitrogens with zero attached hydrogens (tertiary/aromatic N) is 4. The number of carbonyl (C=O) groups is 3. The fraction of sp³-hybridized carbons (Fsp3) is 0.238. The number of anilines is 3. The van der Waals surface area contributed by atoms with Gasteiger partial charge >= 0.3 is 11.9 Å². The van der Waals surface area contributed by atoms with Crippen molar-refractivity contribution in [3.63, 3.8) is 0 Å². The molecule has 2 aromatic heterocycles. The Hall–Kier alpha value is -4.48. The van der Waals surface area contributed by atoms with E-state index in [0.717, 1.165) is 5.69 Å². The summed E-state index contributed by atoms with van der Waals surface area (Å²) in [7, 11) is 1.83. The van der Waals surface area contributed by atoms with E-state index in [1.54, 1.807) is 36.5 Å². The number of aromatic nitrogens is 3. The van der Waals surface area contributed by atoms with Crippen LogP contribution in [0.1, 0.15) is 28.9 Å². The summed E-state index contributed by atoms with van der Waals surface area (Å²) in [6.07, 6.45) is 1.03. The number of hydrogen-bond acceptors (Lipinski definition) is 9. The van der Waals surface area contributed by atoms with E-state index in [9.17, 15) is 19.5 Å². The monoisotopic (exact) mass is 453 g/mol. The van der Waals surface area contributed by atoms with Crippen LogP contribution in [0.2, 0.25) is 0 Å². The fourth-order valence-corrected chi connectivity index (χ4v) is 3.14. The molecule has 0 aliphatic heterocycles. The Balaban J connectivity index is 1.67. The Morgan fingerprint density at radius 1 is 1.12 bits per heavy atom. The van der Waals surface area contributed by atoms with Crippen molar-refractivity contribution in [1.29, 1.82) is 0 Å². The van der Waals surface area contributed by atoms with E-state index < -0.39 is 23.9 Å². The number of pyridine rings is 1. The minimum atomic E-state index is -1.30. The van der Waals surface area contributed by atoms with E-state index in [2.05, 4.69) is 20.3 Å². The molecule has 172 valence electrons. The third kappa shape index (κ3) is 5.81. The largest absolute Gasteiger partial charge is 0.481 e. The molecule has 1 atom stereocenters. The van der Waals surface area contributed by atoms with Crippen LogP contribution in [0, 0.1) is 0 Å². The average Bonchev–Trinajstić information content (AvgIpc) is 2.76. The van der Waals surface area contributed by atoms with Gasteiger partial charge < -0.3 is 31.9 Å². The number of carboxylic acids is 2. The lowest BCUT2D eigenvalue weighted by atomic mass is 10.1. The van der Waals surface area contributed by atoms with Crippen molar-refractivity contribution in [3.05, 3.63) is 47.8 Å². The maximum atomic E-state index is 12.4. The van der Waals surface area contributed by atoms with Gasteiger partial charge in [0.25, 0.3) is 5.91 Å². The van der Waals surface area contributed by atoms with Crippen LogP contribution in [0.15, 0.2) is 36.5 Å². The van der Waals surface area contributed by atoms with E-state index in [-0.39, 0.29) is 30.0 Å². The first-order valence-corrected chi connectivity index (χ1v) is 9.88. The summed E-state index contributed by atoms with van der Waals surface area (Å²) in [6.45, 7) is 0.397. The highest BCUT2D eigenvalue weighted by molar-refractivity contribution is 5.97. The van der Waals surface area contributed by atoms with Gasteiger partial charge in [0.1, 0.15) is 17.4 Å². The predicted molar refractivity (Wildman–Crippen MR) is 120 cm³/mol. The summed E-state index contributed by atoms with van der Waals surface area (Å²) in [5.41, 5.74) is 14.2. The molecular formula is C21H23N7O5. The van der Waals surface area contributed by atoms with Crippen LogP contribution in [-0.4, -0.2) is 56.1 Å². The third-order valence-corrected chi connectivity index (χ3v) is 4.85. The molecule has 33 heavy (non-hydrogen) atoms. The third-order valence-electron chi connectivity index (χ3n) is 4.85. The first kappa shape index (κ1) is 23.2. The molecule has 3 aromatic rings. The number of carboxylic acid groups (broad SMARTS) is 2. The first-order chi connectivity index (χ1) is 15.6. The molecule has 1 amide bonds. The van der Waals surface area contributed by atoms with Crippen LogP contribution >= 0.6 is 0 Å². The molecule has 0 bridgehead atoms. The molecule has 0 fully saturated rings. The summed E-state index contributed by atoms with van der Waals surface area (Å²) in [5, 5.41) is 20.3. The van der Waals surface area contributed by atoms with Gasteiger partial charge in [-0.3, -0.25) is 14.6 Å². The van der Waals surface area contributed by atoms with Crippen LogP contribution in [0.5, 0.6) is 0 Å². The summed E-state index contributed by atoms with van der Waals surface area (Å²) < 4.78 is 0. The number of amides is 1. The number of fused-ring (bicyclic) bond motifs is 1. The predicted octanol–water partition coefficient (Wildman–Crippen LogP) is 0.873. The van der Waals surface area contributed by atoms with Crippen LogP contribution in [0.4, 0.5) is 17.3 Å². The van der Waals surface area contributed by atoms with Gasteiger partial charge in [-0.1, -0.05) is 0 Å². The number of nitrogen functional groups attached to an aromatic ring is 2. The summed E-state index contributed by atoms with van der Waals surface area (Å²) in [6, 6.07) is 6.80. The molecule has 7 N–H and O–H groups in total. The topological polar surface area (TPSA) is 198 Å². The average molecular weight is 453 g/mol. The highest BCUT2D eigenvalue weighted by atomic mass is 16.4. The van der Waals surface area contributed by atoms with Gasteiger partial charge in [0.2, 0.25) is 0 Å². The molecule has 0 radical (unpaired) electrons. The quantitative estimate of drug-likeness (QED) is 0.308. The fourth-order valence-electron chi connectivity index (χ4n) is 3.14. The standard InChI is InChI=1S/C21H23N7O5/c1-28(10-12-9-24-15-8-16(22)27-19(23)18(15)25-12)13-4-2-11(3-5-13)20(31)26-14(21(32)33)6-7-17(29)30/h2-5,8-9,14H,6-7,10H2,1H3,(H,26,31)(H,29,30)(H,32,33)(H4,22,23,27)/t14-/m0/s1. The van der Waals surface area contributed by atoms with E-state index in [1.807, 2.05) is 11.9 Å². The minimum absolute atomic E-state index is 0.195. The van der Waals surface area contributed by atoms with Gasteiger partial charge in [-0.2, -0.15) is 0 Å². The maximum Gasteiger partial charge on any atom is 0.326 e. The minimum Gasteiger partial charge on any atom is -0.481 e. The SMILES string of the molecule is CN(Cc1cnc2cc(N)nc(N)c2n1)c1ccc(C(=O)N[C@@H](CCC(=O)O)C(=O)O)cc1. The Labute approximate surface area is 188 Å². The second-order valence-electron chi connectivity index (χ2n) is 7.36. The molecule has 0 saturated carbocycles. The van der Waals surface area contributed by atoms with Crippen molar-refractivity contribution < 1.29 is 24.6 Å². The number of hydrogen-bond donors (Lipinski definition) is 5. The van der Waals surface area contributed by atoms with Gasteiger partial charge in [-0.25, -0.2) is 14.8 Å². The smallest absolute Gasteiger partial charge is 0.326 e. The number of benzene rings is 1. The zero-order chi connectivity index (χ0) is 24.1. The number of rotatable bonds is 9. The van der Waals surface area contributed by atoms with E-state index in [1.165, 1.54) is 0 Å². The van der Waals surface area contributed by atoms with Crippen molar-refractivity contribution in [1.82, 2.24) is 20.3 Å². The van der Waals surface area contributed by atoms with Gasteiger partial charge in [-0.15, -0.1) is 0 Å². The zero-order valence-corrected chi connectivity index (χ0v) is 17.7. The van der Waals surface area contributed by atoms with Crippen molar-refractivity contribution >= 4 is 46.2 Å². The van der Waals surface area contributed by atoms with Crippen molar-refractivity contribution in [2.75, 3.05) is 23.4 Å². The number of nitrogens with two attached hydrogens (primary N) is 2. The van der Waals surface area contributed by atoms with E-state index in [4.69, 9.17) is 16.6 Å². The van der Waals surface area contributed by atoms with E-state index >= 15 is 0 Å². The molecule has 3 rings (SSSR count). The number of carbonyl (C=O) groups excluding carboxylic acids is 1. The summed E-state index contributed by atoms with van der Waals surface area (Å²) in [5.74, 6) is -2.58. The van der Waals surface area contributed by atoms with Crippen molar-refractivity contribution in [3.8, 4) is 0 Å². The van der Waals surface area contributed by atoms with Crippen LogP contribution in [-0.2, 0) is 16.1 Å². The molecular weight excluding hydrogens is 430 g/mol. The molecule has 1 aromatic carbocycles. The summed E-state index contributed by atoms with van der Waals surface area (Å²) >= 11 is 0. The Morgan fingerprint density at radius 2 is 1.82 bits per heavy atom. The van der Waals surface area contributed by atoms with E-state index in [0.29, 0.717) is 23.3 Å². The van der Waals surface area contributed by atoms with Gasteiger partial charge in [0.05, 0.1) is 24.0 Å². The summed E-state index contributed by atoms with van der Waals surface area (Å²) in [4.78, 5) is 49.0. The van der Waals surface area contributed by atoms with Crippen molar-refractivity contribution in [2.45, 2.75) is 25.4 Å². The zero-order valence-electron chi connectivity index (χ0n) is 17.7. The Bertz CT molecular complexity index is 1200. The van der Waals surface area contributed by atoms with Crippen LogP contribution in [0.3, 0.4) is 0 Å². The highest BCUT2D eigenvalue weighted by Gasteiger charge is 2.21.